The molecule has 0 amide bonds. The number of oxazole rings is 1. The van der Waals surface area contributed by atoms with Gasteiger partial charge in [0.15, 0.2) is 6.39 Å². The van der Waals surface area contributed by atoms with Crippen LogP contribution < -0.4 is 0 Å². The third-order valence-electron chi connectivity index (χ3n) is 3.56. The molecule has 19 heavy (non-hydrogen) atoms. The number of halogens is 2. The first-order valence-corrected chi connectivity index (χ1v) is 7.24. The lowest BCUT2D eigenvalue weighted by Gasteiger charge is -2.07. The van der Waals surface area contributed by atoms with Crippen molar-refractivity contribution < 1.29 is 8.81 Å². The first-order chi connectivity index (χ1) is 9.24. The minimum absolute atomic E-state index is 0.278. The summed E-state index contributed by atoms with van der Waals surface area (Å²) in [7, 11) is 0. The van der Waals surface area contributed by atoms with Crippen LogP contribution in [0, 0.1) is 11.7 Å². The maximum absolute atomic E-state index is 13.6. The van der Waals surface area contributed by atoms with E-state index in [2.05, 4.69) is 20.9 Å². The van der Waals surface area contributed by atoms with Gasteiger partial charge >= 0.3 is 0 Å². The number of nitrogens with zero attached hydrogens (tertiary/aromatic N) is 1. The molecule has 2 aromatic rings. The normalized spacial score (nSPS) is 16.1. The van der Waals surface area contributed by atoms with E-state index in [-0.39, 0.29) is 5.82 Å². The van der Waals surface area contributed by atoms with Crippen LogP contribution in [0.2, 0.25) is 0 Å². The fourth-order valence-corrected chi connectivity index (χ4v) is 2.80. The van der Waals surface area contributed by atoms with Crippen molar-refractivity contribution >= 4 is 15.9 Å². The summed E-state index contributed by atoms with van der Waals surface area (Å²) >= 11 is 3.16. The lowest BCUT2D eigenvalue weighted by atomic mass is 9.99. The van der Waals surface area contributed by atoms with Crippen LogP contribution >= 0.6 is 15.9 Å². The zero-order chi connectivity index (χ0) is 13.2. The second-order valence-electron chi connectivity index (χ2n) is 4.89. The van der Waals surface area contributed by atoms with Crippen LogP contribution in [0.1, 0.15) is 31.4 Å². The van der Waals surface area contributed by atoms with Crippen molar-refractivity contribution in [1.29, 1.82) is 0 Å². The predicted octanol–water partition coefficient (Wildman–Crippen LogP) is 4.93. The van der Waals surface area contributed by atoms with Crippen LogP contribution in [0.3, 0.4) is 0 Å². The van der Waals surface area contributed by atoms with E-state index in [0.717, 1.165) is 23.4 Å². The quantitative estimate of drug-likeness (QED) is 0.800. The van der Waals surface area contributed by atoms with Crippen molar-refractivity contribution in [3.8, 4) is 11.3 Å². The van der Waals surface area contributed by atoms with E-state index in [1.54, 1.807) is 6.07 Å². The van der Waals surface area contributed by atoms with Gasteiger partial charge in [-0.25, -0.2) is 9.37 Å². The summed E-state index contributed by atoms with van der Waals surface area (Å²) in [5.41, 5.74) is 1.52. The van der Waals surface area contributed by atoms with Crippen molar-refractivity contribution in [1.82, 2.24) is 4.98 Å². The molecule has 1 radical (unpaired) electrons. The Hall–Kier alpha value is -1.16. The maximum atomic E-state index is 13.6. The van der Waals surface area contributed by atoms with Crippen LogP contribution in [0.15, 0.2) is 33.5 Å². The highest BCUT2D eigenvalue weighted by Gasteiger charge is 2.21. The lowest BCUT2D eigenvalue weighted by Crippen LogP contribution is -1.97. The molecule has 1 heterocycles. The summed E-state index contributed by atoms with van der Waals surface area (Å²) in [4.78, 5) is 4.24. The highest BCUT2D eigenvalue weighted by Crippen LogP contribution is 2.33. The molecule has 1 aliphatic carbocycles. The van der Waals surface area contributed by atoms with Crippen molar-refractivity contribution in [2.24, 2.45) is 0 Å². The minimum Gasteiger partial charge on any atom is -0.448 e. The number of benzene rings is 1. The van der Waals surface area contributed by atoms with Crippen LogP contribution in [-0.2, 0) is 6.42 Å². The second-order valence-corrected chi connectivity index (χ2v) is 5.74. The molecule has 0 saturated heterocycles. The van der Waals surface area contributed by atoms with Gasteiger partial charge in [0, 0.05) is 12.0 Å². The predicted molar refractivity (Wildman–Crippen MR) is 75.0 cm³/mol. The first-order valence-electron chi connectivity index (χ1n) is 6.45. The minimum atomic E-state index is -0.278. The van der Waals surface area contributed by atoms with Crippen molar-refractivity contribution in [2.75, 3.05) is 0 Å². The van der Waals surface area contributed by atoms with Gasteiger partial charge in [-0.2, -0.15) is 0 Å². The van der Waals surface area contributed by atoms with E-state index in [0.29, 0.717) is 4.47 Å². The third kappa shape index (κ3) is 2.73. The van der Waals surface area contributed by atoms with Crippen LogP contribution in [0.5, 0.6) is 0 Å². The van der Waals surface area contributed by atoms with Gasteiger partial charge in [-0.15, -0.1) is 0 Å². The Bertz CT molecular complexity index is 575. The Morgan fingerprint density at radius 3 is 2.79 bits per heavy atom. The molecule has 1 saturated carbocycles. The summed E-state index contributed by atoms with van der Waals surface area (Å²) in [5, 5.41) is 0. The summed E-state index contributed by atoms with van der Waals surface area (Å²) in [5.74, 6) is 2.08. The topological polar surface area (TPSA) is 26.0 Å². The number of rotatable bonds is 3. The fraction of sp³-hybridized carbons (Fsp3) is 0.333. The van der Waals surface area contributed by atoms with Gasteiger partial charge in [0.1, 0.15) is 17.3 Å². The lowest BCUT2D eigenvalue weighted by molar-refractivity contribution is 0.503. The van der Waals surface area contributed by atoms with E-state index in [1.807, 2.05) is 6.07 Å². The molecule has 99 valence electrons. The highest BCUT2D eigenvalue weighted by molar-refractivity contribution is 9.10. The van der Waals surface area contributed by atoms with Crippen LogP contribution in [0.25, 0.3) is 11.3 Å². The average molecular weight is 323 g/mol. The Morgan fingerprint density at radius 2 is 2.05 bits per heavy atom. The number of hydrogen-bond donors (Lipinski definition) is 0. The van der Waals surface area contributed by atoms with E-state index in [1.165, 1.54) is 44.1 Å². The largest absolute Gasteiger partial charge is 0.448 e. The molecular weight excluding hydrogens is 309 g/mol. The van der Waals surface area contributed by atoms with E-state index in [9.17, 15) is 4.39 Å². The summed E-state index contributed by atoms with van der Waals surface area (Å²) in [6, 6.07) is 5.05. The fourth-order valence-electron chi connectivity index (χ4n) is 2.55. The Morgan fingerprint density at radius 1 is 1.26 bits per heavy atom. The SMILES string of the molecule is Fc1cc(-c2ncoc2C[C]2CCCC2)ccc1Br. The molecule has 0 N–H and O–H groups in total. The molecule has 3 rings (SSSR count). The monoisotopic (exact) mass is 322 g/mol. The van der Waals surface area contributed by atoms with E-state index < -0.39 is 0 Å². The van der Waals surface area contributed by atoms with Gasteiger partial charge in [0.05, 0.1) is 4.47 Å². The van der Waals surface area contributed by atoms with Gasteiger partial charge < -0.3 is 4.42 Å². The molecule has 2 nitrogen and oxygen atoms in total. The van der Waals surface area contributed by atoms with E-state index in [4.69, 9.17) is 4.42 Å². The second kappa shape index (κ2) is 5.45. The van der Waals surface area contributed by atoms with Crippen LogP contribution in [0.4, 0.5) is 4.39 Å². The zero-order valence-corrected chi connectivity index (χ0v) is 12.0. The van der Waals surface area contributed by atoms with Crippen molar-refractivity contribution in [3.05, 3.63) is 46.6 Å². The first kappa shape index (κ1) is 12.9. The molecule has 1 aromatic heterocycles. The molecule has 1 aliphatic rings. The maximum Gasteiger partial charge on any atom is 0.181 e. The van der Waals surface area contributed by atoms with Crippen LogP contribution in [-0.4, -0.2) is 4.98 Å². The molecular formula is C15H14BrFNO. The van der Waals surface area contributed by atoms with Gasteiger partial charge in [-0.3, -0.25) is 0 Å². The van der Waals surface area contributed by atoms with Crippen molar-refractivity contribution in [2.45, 2.75) is 32.1 Å². The Labute approximate surface area is 120 Å². The molecule has 0 bridgehead atoms. The third-order valence-corrected chi connectivity index (χ3v) is 4.20. The molecule has 1 fully saturated rings. The van der Waals surface area contributed by atoms with Crippen molar-refractivity contribution in [3.63, 3.8) is 0 Å². The number of hydrogen-bond acceptors (Lipinski definition) is 2. The summed E-state index contributed by atoms with van der Waals surface area (Å²) in [6.45, 7) is 0. The summed E-state index contributed by atoms with van der Waals surface area (Å²) in [6.07, 6.45) is 7.16. The summed E-state index contributed by atoms with van der Waals surface area (Å²) < 4.78 is 19.5. The molecule has 0 atom stereocenters. The van der Waals surface area contributed by atoms with Gasteiger partial charge in [0.25, 0.3) is 0 Å². The number of aromatic nitrogens is 1. The van der Waals surface area contributed by atoms with Gasteiger partial charge in [0.2, 0.25) is 0 Å². The van der Waals surface area contributed by atoms with Gasteiger partial charge in [-0.05, 0) is 46.8 Å². The smallest absolute Gasteiger partial charge is 0.181 e. The highest BCUT2D eigenvalue weighted by atomic mass is 79.9. The molecule has 0 spiro atoms. The average Bonchev–Trinajstić information content (AvgIpc) is 3.05. The molecule has 0 aliphatic heterocycles. The zero-order valence-electron chi connectivity index (χ0n) is 10.5. The van der Waals surface area contributed by atoms with Gasteiger partial charge in [-0.1, -0.05) is 18.9 Å². The molecule has 4 heteroatoms. The standard InChI is InChI=1S/C15H14BrFNO/c16-12-6-5-11(8-13(12)17)15-14(19-9-18-15)7-10-3-1-2-4-10/h5-6,8-9H,1-4,7H2. The Balaban J connectivity index is 1.87. The molecule has 0 unspecified atom stereocenters. The molecule has 1 aromatic carbocycles. The van der Waals surface area contributed by atoms with E-state index >= 15 is 0 Å². The Kier molecular flexibility index (Phi) is 3.69.